The Kier molecular flexibility index (Phi) is 4.46. The number of rotatable bonds is 6. The lowest BCUT2D eigenvalue weighted by Gasteiger charge is -2.27. The zero-order valence-corrected chi connectivity index (χ0v) is 15.2. The zero-order chi connectivity index (χ0) is 17.2. The van der Waals surface area contributed by atoms with Crippen LogP contribution in [-0.2, 0) is 0 Å². The quantitative estimate of drug-likeness (QED) is 0.822. The number of allylic oxidation sites excluding steroid dienone is 1. The van der Waals surface area contributed by atoms with Crippen molar-refractivity contribution in [1.82, 2.24) is 15.2 Å². The van der Waals surface area contributed by atoms with Crippen molar-refractivity contribution in [3.05, 3.63) is 59.1 Å². The highest BCUT2D eigenvalue weighted by molar-refractivity contribution is 8.02. The van der Waals surface area contributed by atoms with E-state index in [9.17, 15) is 0 Å². The summed E-state index contributed by atoms with van der Waals surface area (Å²) in [5.41, 5.74) is 4.54. The summed E-state index contributed by atoms with van der Waals surface area (Å²) in [6, 6.07) is 14.1. The van der Waals surface area contributed by atoms with Crippen LogP contribution < -0.4 is 10.6 Å². The molecular weight excluding hydrogens is 330 g/mol. The molecule has 2 aliphatic heterocycles. The van der Waals surface area contributed by atoms with E-state index < -0.39 is 0 Å². The molecule has 1 aromatic heterocycles. The van der Waals surface area contributed by atoms with Gasteiger partial charge in [0, 0.05) is 11.3 Å². The molecule has 2 aromatic rings. The lowest BCUT2D eigenvalue weighted by Crippen LogP contribution is -2.41. The van der Waals surface area contributed by atoms with Crippen LogP contribution in [0.1, 0.15) is 19.4 Å². The van der Waals surface area contributed by atoms with Crippen molar-refractivity contribution >= 4 is 34.8 Å². The fourth-order valence-electron chi connectivity index (χ4n) is 2.97. The predicted molar refractivity (Wildman–Crippen MR) is 106 cm³/mol. The number of para-hydroxylation sites is 1. The second kappa shape index (κ2) is 6.90. The van der Waals surface area contributed by atoms with Crippen molar-refractivity contribution in [1.29, 1.82) is 0 Å². The van der Waals surface area contributed by atoms with Gasteiger partial charge in [0.05, 0.1) is 5.70 Å². The summed E-state index contributed by atoms with van der Waals surface area (Å²) in [7, 11) is 0. The molecule has 128 valence electrons. The van der Waals surface area contributed by atoms with Gasteiger partial charge in [0.15, 0.2) is 5.82 Å². The summed E-state index contributed by atoms with van der Waals surface area (Å²) in [5.74, 6) is 1.62. The van der Waals surface area contributed by atoms with Gasteiger partial charge in [0.2, 0.25) is 0 Å². The van der Waals surface area contributed by atoms with Gasteiger partial charge >= 0.3 is 0 Å². The molecule has 0 saturated carbocycles. The molecule has 0 radical (unpaired) electrons. The zero-order valence-electron chi connectivity index (χ0n) is 14.4. The fourth-order valence-corrected chi connectivity index (χ4v) is 4.08. The Morgan fingerprint density at radius 3 is 2.64 bits per heavy atom. The molecule has 0 fully saturated rings. The van der Waals surface area contributed by atoms with Gasteiger partial charge in [-0.1, -0.05) is 43.8 Å². The summed E-state index contributed by atoms with van der Waals surface area (Å²) in [5, 5.41) is 9.04. The van der Waals surface area contributed by atoms with Crippen molar-refractivity contribution in [2.24, 2.45) is 4.99 Å². The number of benzene rings is 1. The van der Waals surface area contributed by atoms with E-state index in [2.05, 4.69) is 50.8 Å². The Labute approximate surface area is 152 Å². The topological polar surface area (TPSA) is 52.5 Å². The van der Waals surface area contributed by atoms with Crippen molar-refractivity contribution in [2.45, 2.75) is 19.3 Å². The number of nitrogens with one attached hydrogen (secondary N) is 2. The van der Waals surface area contributed by atoms with Crippen LogP contribution in [0.5, 0.6) is 0 Å². The molecule has 1 aromatic carbocycles. The van der Waals surface area contributed by atoms with Gasteiger partial charge in [0.25, 0.3) is 0 Å². The number of thioether (sulfide) groups is 1. The molecule has 25 heavy (non-hydrogen) atoms. The second-order valence-corrected chi connectivity index (χ2v) is 6.86. The van der Waals surface area contributed by atoms with E-state index >= 15 is 0 Å². The van der Waals surface area contributed by atoms with Gasteiger partial charge in [-0.15, -0.1) is 0 Å². The van der Waals surface area contributed by atoms with Gasteiger partial charge in [-0.3, -0.25) is 4.90 Å². The lowest BCUT2D eigenvalue weighted by molar-refractivity contribution is 0.268. The molecule has 1 unspecified atom stereocenters. The van der Waals surface area contributed by atoms with Crippen LogP contribution in [0.15, 0.2) is 58.6 Å². The van der Waals surface area contributed by atoms with E-state index in [0.29, 0.717) is 5.50 Å². The van der Waals surface area contributed by atoms with E-state index in [1.54, 1.807) is 11.8 Å². The summed E-state index contributed by atoms with van der Waals surface area (Å²) >= 11 is 1.80. The Balaban J connectivity index is 1.45. The van der Waals surface area contributed by atoms with Crippen LogP contribution in [0.3, 0.4) is 0 Å². The van der Waals surface area contributed by atoms with Crippen LogP contribution >= 0.6 is 11.8 Å². The third-order valence-corrected chi connectivity index (χ3v) is 5.43. The highest BCUT2D eigenvalue weighted by Gasteiger charge is 2.30. The molecule has 0 spiro atoms. The highest BCUT2D eigenvalue weighted by atomic mass is 32.2. The van der Waals surface area contributed by atoms with Gasteiger partial charge in [-0.2, -0.15) is 0 Å². The maximum atomic E-state index is 4.62. The average molecular weight is 351 g/mol. The summed E-state index contributed by atoms with van der Waals surface area (Å²) in [6.45, 7) is 6.43. The number of nitrogens with zero attached hydrogens (tertiary/aromatic N) is 3. The molecule has 0 amide bonds. The third-order valence-electron chi connectivity index (χ3n) is 4.39. The molecule has 3 heterocycles. The van der Waals surface area contributed by atoms with Crippen molar-refractivity contribution in [3.63, 3.8) is 0 Å². The third kappa shape index (κ3) is 3.15. The smallest absolute Gasteiger partial charge is 0.164 e. The van der Waals surface area contributed by atoms with E-state index in [4.69, 9.17) is 0 Å². The number of anilines is 2. The second-order valence-electron chi connectivity index (χ2n) is 5.90. The molecule has 2 N–H and O–H groups in total. The van der Waals surface area contributed by atoms with E-state index in [1.807, 2.05) is 36.4 Å². The lowest BCUT2D eigenvalue weighted by atomic mass is 10.0. The molecule has 4 rings (SSSR count). The first-order valence-electron chi connectivity index (χ1n) is 8.57. The van der Waals surface area contributed by atoms with Gasteiger partial charge in [-0.05, 0) is 42.8 Å². The minimum Gasteiger partial charge on any atom is -0.359 e. The predicted octanol–water partition coefficient (Wildman–Crippen LogP) is 4.06. The molecular formula is C19H21N5S. The number of aliphatic imine (C=N–C) groups is 1. The molecule has 2 aliphatic rings. The summed E-state index contributed by atoms with van der Waals surface area (Å²) < 4.78 is 0. The maximum absolute atomic E-state index is 4.62. The maximum Gasteiger partial charge on any atom is 0.164 e. The number of hydrogen-bond acceptors (Lipinski definition) is 6. The first-order chi connectivity index (χ1) is 12.3. The van der Waals surface area contributed by atoms with E-state index in [-0.39, 0.29) is 0 Å². The summed E-state index contributed by atoms with van der Waals surface area (Å²) in [6.07, 6.45) is 0. The Morgan fingerprint density at radius 1 is 1.12 bits per heavy atom. The van der Waals surface area contributed by atoms with Crippen molar-refractivity contribution < 1.29 is 0 Å². The number of aromatic nitrogens is 1. The molecule has 0 aliphatic carbocycles. The Morgan fingerprint density at radius 2 is 1.92 bits per heavy atom. The standard InChI is InChI=1S/C19H21N5S/c1-3-24(4-2)19-21-15(12-25-19)17-14-10-11-16(22-18(14)23-17)20-13-8-6-5-7-9-13/h5-12,19,21H,3-4H2,1-2H3,(H,20,22,23). The van der Waals surface area contributed by atoms with Crippen molar-refractivity contribution in [3.8, 4) is 0 Å². The van der Waals surface area contributed by atoms with Gasteiger partial charge in [-0.25, -0.2) is 9.98 Å². The number of fused-ring (bicyclic) bond motifs is 1. The molecule has 0 saturated heterocycles. The SMILES string of the molecule is CCN(CC)C1NC(C2=Nc3nc(Nc4ccccc4)ccc32)=CS1. The molecule has 6 heteroatoms. The molecule has 0 bridgehead atoms. The monoisotopic (exact) mass is 351 g/mol. The number of pyridine rings is 1. The van der Waals surface area contributed by atoms with E-state index in [1.165, 1.54) is 0 Å². The van der Waals surface area contributed by atoms with Gasteiger partial charge < -0.3 is 10.6 Å². The van der Waals surface area contributed by atoms with Crippen LogP contribution in [0, 0.1) is 0 Å². The van der Waals surface area contributed by atoms with Crippen LogP contribution in [0.2, 0.25) is 0 Å². The Hall–Kier alpha value is -2.31. The average Bonchev–Trinajstić information content (AvgIpc) is 3.08. The molecule has 5 nitrogen and oxygen atoms in total. The fraction of sp³-hybridized carbons (Fsp3) is 0.263. The normalized spacial score (nSPS) is 18.1. The minimum atomic E-state index is 0.295. The summed E-state index contributed by atoms with van der Waals surface area (Å²) in [4.78, 5) is 11.6. The van der Waals surface area contributed by atoms with Crippen molar-refractivity contribution in [2.75, 3.05) is 18.4 Å². The van der Waals surface area contributed by atoms with Crippen LogP contribution in [0.4, 0.5) is 17.3 Å². The molecule has 1 atom stereocenters. The van der Waals surface area contributed by atoms with E-state index in [0.717, 1.165) is 47.4 Å². The van der Waals surface area contributed by atoms with Crippen LogP contribution in [0.25, 0.3) is 0 Å². The highest BCUT2D eigenvalue weighted by Crippen LogP contribution is 2.35. The first-order valence-corrected chi connectivity index (χ1v) is 9.51. The Bertz CT molecular complexity index is 827. The van der Waals surface area contributed by atoms with Gasteiger partial charge in [0.1, 0.15) is 17.0 Å². The number of hydrogen-bond donors (Lipinski definition) is 2. The van der Waals surface area contributed by atoms with Crippen LogP contribution in [-0.4, -0.2) is 34.2 Å². The minimum absolute atomic E-state index is 0.295. The first kappa shape index (κ1) is 16.2. The largest absolute Gasteiger partial charge is 0.359 e.